The van der Waals surface area contributed by atoms with Crippen molar-refractivity contribution in [3.63, 3.8) is 0 Å². The minimum atomic E-state index is -0.0546. The van der Waals surface area contributed by atoms with Gasteiger partial charge in [0.1, 0.15) is 5.75 Å². The quantitative estimate of drug-likeness (QED) is 0.893. The van der Waals surface area contributed by atoms with Gasteiger partial charge in [-0.1, -0.05) is 6.07 Å². The summed E-state index contributed by atoms with van der Waals surface area (Å²) < 4.78 is 5.36. The number of benzene rings is 1. The summed E-state index contributed by atoms with van der Waals surface area (Å²) in [6, 6.07) is 6.80. The number of nitrogens with zero attached hydrogens (tertiary/aromatic N) is 1. The number of hydrogen-bond acceptors (Lipinski definition) is 3. The molecule has 2 rings (SSSR count). The molecule has 98 valence electrons. The van der Waals surface area contributed by atoms with Crippen molar-refractivity contribution in [3.8, 4) is 5.75 Å². The van der Waals surface area contributed by atoms with Gasteiger partial charge in [0.25, 0.3) is 0 Å². The van der Waals surface area contributed by atoms with Gasteiger partial charge < -0.3 is 14.7 Å². The van der Waals surface area contributed by atoms with E-state index in [-0.39, 0.29) is 17.6 Å². The molecule has 0 aromatic heterocycles. The number of phenols is 1. The molecular formula is C14H19NO3. The van der Waals surface area contributed by atoms with Gasteiger partial charge in [-0.15, -0.1) is 0 Å². The zero-order valence-electron chi connectivity index (χ0n) is 10.6. The van der Waals surface area contributed by atoms with Gasteiger partial charge in [0.15, 0.2) is 0 Å². The summed E-state index contributed by atoms with van der Waals surface area (Å²) in [5.41, 5.74) is 0.744. The number of rotatable bonds is 3. The van der Waals surface area contributed by atoms with Crippen LogP contribution in [-0.4, -0.2) is 30.8 Å². The fraction of sp³-hybridized carbons (Fsp3) is 0.500. The summed E-state index contributed by atoms with van der Waals surface area (Å²) in [6.45, 7) is 3.79. The lowest BCUT2D eigenvalue weighted by Gasteiger charge is -2.28. The van der Waals surface area contributed by atoms with Crippen LogP contribution in [-0.2, 0) is 9.53 Å². The second-order valence-corrected chi connectivity index (χ2v) is 4.52. The van der Waals surface area contributed by atoms with E-state index in [1.165, 1.54) is 0 Å². The molecule has 0 spiro atoms. The molecule has 1 atom stereocenters. The predicted molar refractivity (Wildman–Crippen MR) is 69.7 cm³/mol. The van der Waals surface area contributed by atoms with Crippen LogP contribution in [0.1, 0.15) is 19.8 Å². The van der Waals surface area contributed by atoms with E-state index in [1.807, 2.05) is 13.0 Å². The normalized spacial score (nSPS) is 19.5. The molecular weight excluding hydrogens is 230 g/mol. The molecule has 1 fully saturated rings. The summed E-state index contributed by atoms with van der Waals surface area (Å²) in [7, 11) is 0. The van der Waals surface area contributed by atoms with E-state index in [9.17, 15) is 9.90 Å². The van der Waals surface area contributed by atoms with Crippen molar-refractivity contribution < 1.29 is 14.6 Å². The molecule has 1 unspecified atom stereocenters. The van der Waals surface area contributed by atoms with E-state index >= 15 is 0 Å². The lowest BCUT2D eigenvalue weighted by Crippen LogP contribution is -2.39. The Morgan fingerprint density at radius 1 is 1.56 bits per heavy atom. The van der Waals surface area contributed by atoms with Crippen LogP contribution in [0, 0.1) is 5.92 Å². The first kappa shape index (κ1) is 12.9. The highest BCUT2D eigenvalue weighted by Crippen LogP contribution is 2.24. The Labute approximate surface area is 107 Å². The van der Waals surface area contributed by atoms with Crippen molar-refractivity contribution in [2.75, 3.05) is 24.7 Å². The number of hydrogen-bond donors (Lipinski definition) is 1. The number of phenolic OH excluding ortho intramolecular Hbond substituents is 1. The highest BCUT2D eigenvalue weighted by molar-refractivity contribution is 5.95. The lowest BCUT2D eigenvalue weighted by atomic mass is 10.0. The summed E-state index contributed by atoms with van der Waals surface area (Å²) in [4.78, 5) is 14.1. The third kappa shape index (κ3) is 2.82. The van der Waals surface area contributed by atoms with E-state index in [1.54, 1.807) is 23.1 Å². The molecule has 18 heavy (non-hydrogen) atoms. The van der Waals surface area contributed by atoms with E-state index in [0.29, 0.717) is 13.2 Å². The van der Waals surface area contributed by atoms with E-state index < -0.39 is 0 Å². The fourth-order valence-electron chi connectivity index (χ4n) is 2.28. The zero-order valence-corrected chi connectivity index (χ0v) is 10.6. The maximum absolute atomic E-state index is 12.4. The largest absolute Gasteiger partial charge is 0.508 e. The molecule has 0 radical (unpaired) electrons. The molecule has 0 saturated carbocycles. The van der Waals surface area contributed by atoms with E-state index in [4.69, 9.17) is 4.74 Å². The van der Waals surface area contributed by atoms with Crippen molar-refractivity contribution in [1.29, 1.82) is 0 Å². The van der Waals surface area contributed by atoms with Crippen molar-refractivity contribution in [3.05, 3.63) is 24.3 Å². The van der Waals surface area contributed by atoms with Gasteiger partial charge in [-0.2, -0.15) is 0 Å². The molecule has 1 aliphatic heterocycles. The maximum Gasteiger partial charge on any atom is 0.232 e. The average Bonchev–Trinajstić information content (AvgIpc) is 2.40. The summed E-state index contributed by atoms with van der Waals surface area (Å²) >= 11 is 0. The van der Waals surface area contributed by atoms with Crippen LogP contribution in [0.3, 0.4) is 0 Å². The highest BCUT2D eigenvalue weighted by Gasteiger charge is 2.26. The third-order valence-corrected chi connectivity index (χ3v) is 3.23. The van der Waals surface area contributed by atoms with Gasteiger partial charge in [0.2, 0.25) is 5.91 Å². The first-order chi connectivity index (χ1) is 8.72. The molecule has 1 N–H and O–H groups in total. The maximum atomic E-state index is 12.4. The van der Waals surface area contributed by atoms with Crippen molar-refractivity contribution in [1.82, 2.24) is 0 Å². The fourth-order valence-corrected chi connectivity index (χ4v) is 2.28. The molecule has 1 amide bonds. The van der Waals surface area contributed by atoms with E-state index in [2.05, 4.69) is 0 Å². The molecule has 1 heterocycles. The Kier molecular flexibility index (Phi) is 4.20. The Hall–Kier alpha value is -1.55. The van der Waals surface area contributed by atoms with Gasteiger partial charge >= 0.3 is 0 Å². The molecule has 4 heteroatoms. The number of amides is 1. The minimum Gasteiger partial charge on any atom is -0.508 e. The van der Waals surface area contributed by atoms with Crippen LogP contribution in [0.25, 0.3) is 0 Å². The second-order valence-electron chi connectivity index (χ2n) is 4.52. The van der Waals surface area contributed by atoms with Crippen molar-refractivity contribution >= 4 is 11.6 Å². The monoisotopic (exact) mass is 249 g/mol. The Bertz CT molecular complexity index is 413. The number of carbonyl (C=O) groups is 1. The summed E-state index contributed by atoms with van der Waals surface area (Å²) in [6.07, 6.45) is 1.82. The van der Waals surface area contributed by atoms with Gasteiger partial charge in [0.05, 0.1) is 12.5 Å². The first-order valence-corrected chi connectivity index (χ1v) is 6.40. The standard InChI is InChI=1S/C14H19NO3/c1-2-15(12-6-3-7-13(16)9-12)14(17)11-5-4-8-18-10-11/h3,6-7,9,11,16H,2,4-5,8,10H2,1H3. The zero-order chi connectivity index (χ0) is 13.0. The summed E-state index contributed by atoms with van der Waals surface area (Å²) in [5.74, 6) is 0.211. The predicted octanol–water partition coefficient (Wildman–Crippen LogP) is 2.17. The molecule has 1 aromatic carbocycles. The summed E-state index contributed by atoms with van der Waals surface area (Å²) in [5, 5.41) is 9.49. The smallest absolute Gasteiger partial charge is 0.232 e. The van der Waals surface area contributed by atoms with Gasteiger partial charge in [-0.3, -0.25) is 4.79 Å². The van der Waals surface area contributed by atoms with Crippen LogP contribution < -0.4 is 4.90 Å². The number of anilines is 1. The van der Waals surface area contributed by atoms with Crippen LogP contribution in [0.15, 0.2) is 24.3 Å². The van der Waals surface area contributed by atoms with Crippen LogP contribution in [0.2, 0.25) is 0 Å². The van der Waals surface area contributed by atoms with Gasteiger partial charge in [-0.25, -0.2) is 0 Å². The van der Waals surface area contributed by atoms with Crippen molar-refractivity contribution in [2.45, 2.75) is 19.8 Å². The second kappa shape index (κ2) is 5.87. The van der Waals surface area contributed by atoms with E-state index in [0.717, 1.165) is 25.1 Å². The molecule has 1 saturated heterocycles. The molecule has 1 aliphatic rings. The van der Waals surface area contributed by atoms with Crippen LogP contribution in [0.5, 0.6) is 5.75 Å². The minimum absolute atomic E-state index is 0.0546. The Morgan fingerprint density at radius 2 is 2.39 bits per heavy atom. The number of ether oxygens (including phenoxy) is 1. The van der Waals surface area contributed by atoms with Gasteiger partial charge in [-0.05, 0) is 31.9 Å². The third-order valence-electron chi connectivity index (χ3n) is 3.23. The van der Waals surface area contributed by atoms with Gasteiger partial charge in [0, 0.05) is 24.9 Å². The van der Waals surface area contributed by atoms with Crippen molar-refractivity contribution in [2.24, 2.45) is 5.92 Å². The molecule has 0 bridgehead atoms. The van der Waals surface area contributed by atoms with Crippen LogP contribution >= 0.6 is 0 Å². The average molecular weight is 249 g/mol. The number of carbonyl (C=O) groups excluding carboxylic acids is 1. The Balaban J connectivity index is 2.14. The molecule has 4 nitrogen and oxygen atoms in total. The highest BCUT2D eigenvalue weighted by atomic mass is 16.5. The molecule has 1 aromatic rings. The van der Waals surface area contributed by atoms with Crippen LogP contribution in [0.4, 0.5) is 5.69 Å². The SMILES string of the molecule is CCN(C(=O)C1CCCOC1)c1cccc(O)c1. The molecule has 0 aliphatic carbocycles. The Morgan fingerprint density at radius 3 is 3.00 bits per heavy atom. The topological polar surface area (TPSA) is 49.8 Å². The first-order valence-electron chi connectivity index (χ1n) is 6.40. The number of aromatic hydroxyl groups is 1. The lowest BCUT2D eigenvalue weighted by molar-refractivity contribution is -0.126.